The number of anilines is 2. The molecule has 0 unspecified atom stereocenters. The van der Waals surface area contributed by atoms with Gasteiger partial charge in [0, 0.05) is 59.8 Å². The number of hydrogen-bond acceptors (Lipinski definition) is 7. The zero-order valence-corrected chi connectivity index (χ0v) is 22.5. The highest BCUT2D eigenvalue weighted by atomic mass is 16.6. The lowest BCUT2D eigenvalue weighted by Crippen LogP contribution is -2.48. The average molecular weight is 517 g/mol. The molecule has 0 radical (unpaired) electrons. The van der Waals surface area contributed by atoms with E-state index in [2.05, 4.69) is 73.5 Å². The topological polar surface area (TPSA) is 98.1 Å². The Morgan fingerprint density at radius 3 is 2.05 bits per heavy atom. The van der Waals surface area contributed by atoms with E-state index in [-0.39, 0.29) is 12.5 Å². The van der Waals surface area contributed by atoms with Crippen LogP contribution < -0.4 is 21.3 Å². The molecule has 8 heteroatoms. The van der Waals surface area contributed by atoms with Gasteiger partial charge in [0.2, 0.25) is 0 Å². The molecule has 0 fully saturated rings. The summed E-state index contributed by atoms with van der Waals surface area (Å²) < 4.78 is 12.4. The molecule has 1 amide bonds. The van der Waals surface area contributed by atoms with Gasteiger partial charge in [-0.1, -0.05) is 18.2 Å². The first kappa shape index (κ1) is 26.0. The van der Waals surface area contributed by atoms with E-state index < -0.39 is 5.54 Å². The fourth-order valence-corrected chi connectivity index (χ4v) is 5.78. The van der Waals surface area contributed by atoms with Crippen molar-refractivity contribution in [2.75, 3.05) is 50.1 Å². The molecule has 4 N–H and O–H groups in total. The number of nitrogens with two attached hydrogens (primary N) is 1. The Kier molecular flexibility index (Phi) is 7.29. The first-order valence-corrected chi connectivity index (χ1v) is 13.2. The Morgan fingerprint density at radius 2 is 1.47 bits per heavy atom. The quantitative estimate of drug-likeness (QED) is 0.260. The molecule has 1 spiro atoms. The van der Waals surface area contributed by atoms with Crippen LogP contribution in [0.25, 0.3) is 0 Å². The summed E-state index contributed by atoms with van der Waals surface area (Å²) in [6.45, 7) is 11.3. The highest BCUT2D eigenvalue weighted by Crippen LogP contribution is 2.58. The normalized spacial score (nSPS) is 14.7. The Bertz CT molecular complexity index is 1290. The van der Waals surface area contributed by atoms with Crippen LogP contribution in [-0.2, 0) is 15.1 Å². The molecule has 200 valence electrons. The van der Waals surface area contributed by atoms with Crippen molar-refractivity contribution in [1.29, 1.82) is 0 Å². The van der Waals surface area contributed by atoms with Gasteiger partial charge >= 0.3 is 0 Å². The molecular weight excluding hydrogens is 480 g/mol. The van der Waals surface area contributed by atoms with E-state index in [0.717, 1.165) is 63.8 Å². The third kappa shape index (κ3) is 4.09. The molecule has 3 aromatic carbocycles. The number of aryl methyl sites for hydroxylation is 2. The molecule has 0 saturated heterocycles. The van der Waals surface area contributed by atoms with Crippen LogP contribution in [0, 0.1) is 13.8 Å². The van der Waals surface area contributed by atoms with Gasteiger partial charge in [-0.05, 0) is 62.6 Å². The molecule has 8 nitrogen and oxygen atoms in total. The van der Waals surface area contributed by atoms with Crippen molar-refractivity contribution in [2.24, 2.45) is 5.90 Å². The largest absolute Gasteiger partial charge is 0.456 e. The number of rotatable bonds is 10. The van der Waals surface area contributed by atoms with E-state index in [4.69, 9.17) is 15.4 Å². The molecule has 0 atom stereocenters. The second kappa shape index (κ2) is 10.6. The van der Waals surface area contributed by atoms with Crippen molar-refractivity contribution in [2.45, 2.75) is 33.2 Å². The van der Waals surface area contributed by atoms with Gasteiger partial charge in [-0.25, -0.2) is 5.90 Å². The Labute approximate surface area is 224 Å². The van der Waals surface area contributed by atoms with Crippen molar-refractivity contribution in [3.8, 4) is 11.5 Å². The fourth-order valence-electron chi connectivity index (χ4n) is 5.78. The number of ether oxygens (including phenoxy) is 2. The molecule has 3 aromatic rings. The van der Waals surface area contributed by atoms with Crippen LogP contribution in [0.1, 0.15) is 52.0 Å². The smallest absolute Gasteiger partial charge is 0.255 e. The molecule has 5 rings (SSSR count). The summed E-state index contributed by atoms with van der Waals surface area (Å²) in [6, 6.07) is 16.3. The highest BCUT2D eigenvalue weighted by molar-refractivity contribution is 6.02. The second-order valence-electron chi connectivity index (χ2n) is 9.69. The maximum atomic E-state index is 14.1. The standard InChI is InChI=1S/C30H36N4O4/c1-5-32-25-17-27-23(15-19(25)3)30(24-16-20(4)26(33-6-2)18-28(24)38-27)22-10-8-7-9-21(22)29(35)34(30)11-12-36-13-14-37-31/h7-10,15-18,32-33H,5-6,11-14,31H2,1-4H3. The van der Waals surface area contributed by atoms with Gasteiger partial charge in [0.05, 0.1) is 19.8 Å². The van der Waals surface area contributed by atoms with Crippen LogP contribution in [0.4, 0.5) is 11.4 Å². The SMILES string of the molecule is CCNc1cc2c(cc1C)C1(c3cc(C)c(NCC)cc3O2)c2ccccc2C(=O)N1CCOCCON. The predicted octanol–water partition coefficient (Wildman–Crippen LogP) is 4.93. The lowest BCUT2D eigenvalue weighted by atomic mass is 9.73. The molecule has 2 heterocycles. The maximum Gasteiger partial charge on any atom is 0.255 e. The average Bonchev–Trinajstić information content (AvgIpc) is 3.15. The number of nitrogens with one attached hydrogen (secondary N) is 2. The van der Waals surface area contributed by atoms with Gasteiger partial charge in [-0.2, -0.15) is 0 Å². The number of amides is 1. The first-order valence-electron chi connectivity index (χ1n) is 13.2. The van der Waals surface area contributed by atoms with Crippen LogP contribution in [0.15, 0.2) is 48.5 Å². The van der Waals surface area contributed by atoms with Gasteiger partial charge < -0.3 is 29.8 Å². The van der Waals surface area contributed by atoms with E-state index in [1.165, 1.54) is 0 Å². The number of hydrogen-bond donors (Lipinski definition) is 3. The van der Waals surface area contributed by atoms with Crippen molar-refractivity contribution in [3.63, 3.8) is 0 Å². The van der Waals surface area contributed by atoms with Gasteiger partial charge in [0.25, 0.3) is 5.91 Å². The van der Waals surface area contributed by atoms with Gasteiger partial charge in [-0.15, -0.1) is 0 Å². The zero-order valence-electron chi connectivity index (χ0n) is 22.5. The molecule has 0 bridgehead atoms. The van der Waals surface area contributed by atoms with Gasteiger partial charge in [0.15, 0.2) is 0 Å². The third-order valence-corrected chi connectivity index (χ3v) is 7.39. The summed E-state index contributed by atoms with van der Waals surface area (Å²) in [5.74, 6) is 6.60. The van der Waals surface area contributed by atoms with E-state index in [0.29, 0.717) is 25.3 Å². The van der Waals surface area contributed by atoms with Crippen LogP contribution in [-0.4, -0.2) is 50.3 Å². The van der Waals surface area contributed by atoms with E-state index in [1.54, 1.807) is 0 Å². The molecule has 0 saturated carbocycles. The highest BCUT2D eigenvalue weighted by Gasteiger charge is 2.56. The predicted molar refractivity (Wildman–Crippen MR) is 149 cm³/mol. The molecule has 2 aliphatic rings. The summed E-state index contributed by atoms with van der Waals surface area (Å²) in [7, 11) is 0. The molecule has 2 aliphatic heterocycles. The first-order chi connectivity index (χ1) is 18.5. The number of carbonyl (C=O) groups excluding carboxylic acids is 1. The Morgan fingerprint density at radius 1 is 0.868 bits per heavy atom. The number of benzene rings is 3. The monoisotopic (exact) mass is 516 g/mol. The summed E-state index contributed by atoms with van der Waals surface area (Å²) in [5, 5.41) is 6.90. The summed E-state index contributed by atoms with van der Waals surface area (Å²) >= 11 is 0. The van der Waals surface area contributed by atoms with E-state index in [9.17, 15) is 4.79 Å². The minimum atomic E-state index is -0.866. The minimum Gasteiger partial charge on any atom is -0.456 e. The third-order valence-electron chi connectivity index (χ3n) is 7.39. The minimum absolute atomic E-state index is 0.0279. The number of nitrogens with zero attached hydrogens (tertiary/aromatic N) is 1. The van der Waals surface area contributed by atoms with E-state index >= 15 is 0 Å². The second-order valence-corrected chi connectivity index (χ2v) is 9.69. The Balaban J connectivity index is 1.77. The van der Waals surface area contributed by atoms with Crippen LogP contribution in [0.5, 0.6) is 11.5 Å². The number of fused-ring (bicyclic) bond motifs is 6. The fraction of sp³-hybridized carbons (Fsp3) is 0.367. The summed E-state index contributed by atoms with van der Waals surface area (Å²) in [4.78, 5) is 20.7. The van der Waals surface area contributed by atoms with Gasteiger partial charge in [0.1, 0.15) is 17.0 Å². The maximum absolute atomic E-state index is 14.1. The van der Waals surface area contributed by atoms with Crippen molar-refractivity contribution in [1.82, 2.24) is 4.90 Å². The van der Waals surface area contributed by atoms with Crippen molar-refractivity contribution < 1.29 is 19.1 Å². The summed E-state index contributed by atoms with van der Waals surface area (Å²) in [5.41, 5.74) is 6.88. The van der Waals surface area contributed by atoms with Crippen molar-refractivity contribution >= 4 is 17.3 Å². The van der Waals surface area contributed by atoms with Crippen LogP contribution >= 0.6 is 0 Å². The molecule has 0 aliphatic carbocycles. The van der Waals surface area contributed by atoms with Crippen LogP contribution in [0.3, 0.4) is 0 Å². The van der Waals surface area contributed by atoms with E-state index in [1.807, 2.05) is 23.1 Å². The number of carbonyl (C=O) groups is 1. The van der Waals surface area contributed by atoms with Crippen molar-refractivity contribution in [3.05, 3.63) is 81.9 Å². The lowest BCUT2D eigenvalue weighted by Gasteiger charge is -2.45. The molecular formula is C30H36N4O4. The van der Waals surface area contributed by atoms with Crippen LogP contribution in [0.2, 0.25) is 0 Å². The zero-order chi connectivity index (χ0) is 26.9. The Hall–Kier alpha value is -3.59. The molecule has 0 aromatic heterocycles. The summed E-state index contributed by atoms with van der Waals surface area (Å²) in [6.07, 6.45) is 0. The molecule has 38 heavy (non-hydrogen) atoms. The lowest BCUT2D eigenvalue weighted by molar-refractivity contribution is 0.0281. The van der Waals surface area contributed by atoms with Gasteiger partial charge in [-0.3, -0.25) is 4.79 Å².